The van der Waals surface area contributed by atoms with Gasteiger partial charge in [0, 0.05) is 0 Å². The van der Waals surface area contributed by atoms with Crippen molar-refractivity contribution in [3.8, 4) is 17.0 Å². The molecular weight excluding hydrogens is 226 g/mol. The molecule has 2 N–H and O–H groups in total. The van der Waals surface area contributed by atoms with E-state index in [0.717, 1.165) is 22.8 Å². The monoisotopic (exact) mass is 245 g/mol. The highest BCUT2D eigenvalue weighted by Crippen LogP contribution is 2.23. The van der Waals surface area contributed by atoms with Crippen LogP contribution >= 0.6 is 0 Å². The standard InChI is InChI=1S/C14H19N3O/c1-14(2,15-3)13-16-9-12(17-13)10-5-7-11(18-4)8-6-10/h5-9,15H,1-4H3,(H,16,17). The molecule has 0 aliphatic rings. The number of nitrogens with zero attached hydrogens (tertiary/aromatic N) is 1. The molecule has 0 aliphatic carbocycles. The summed E-state index contributed by atoms with van der Waals surface area (Å²) in [5.74, 6) is 1.78. The smallest absolute Gasteiger partial charge is 0.126 e. The SMILES string of the molecule is CNC(C)(C)c1ncc(-c2ccc(OC)cc2)[nH]1. The number of rotatable bonds is 4. The molecule has 0 radical (unpaired) electrons. The zero-order chi connectivity index (χ0) is 13.2. The molecule has 18 heavy (non-hydrogen) atoms. The summed E-state index contributed by atoms with van der Waals surface area (Å²) >= 11 is 0. The molecule has 0 aliphatic heterocycles. The van der Waals surface area contributed by atoms with Crippen LogP contribution in [0.25, 0.3) is 11.3 Å². The number of imidazole rings is 1. The molecule has 1 aromatic heterocycles. The second kappa shape index (κ2) is 4.82. The molecule has 2 aromatic rings. The van der Waals surface area contributed by atoms with Crippen LogP contribution in [0.5, 0.6) is 5.75 Å². The molecule has 0 unspecified atom stereocenters. The minimum Gasteiger partial charge on any atom is -0.497 e. The number of aromatic amines is 1. The summed E-state index contributed by atoms with van der Waals surface area (Å²) < 4.78 is 5.15. The molecular formula is C14H19N3O. The highest BCUT2D eigenvalue weighted by Gasteiger charge is 2.21. The van der Waals surface area contributed by atoms with Crippen LogP contribution in [0.3, 0.4) is 0 Å². The Balaban J connectivity index is 2.29. The fourth-order valence-electron chi connectivity index (χ4n) is 1.67. The highest BCUT2D eigenvalue weighted by molar-refractivity contribution is 5.59. The van der Waals surface area contributed by atoms with E-state index in [0.29, 0.717) is 0 Å². The van der Waals surface area contributed by atoms with Gasteiger partial charge in [-0.25, -0.2) is 4.98 Å². The Kier molecular flexibility index (Phi) is 3.39. The van der Waals surface area contributed by atoms with Crippen molar-refractivity contribution >= 4 is 0 Å². The molecule has 0 amide bonds. The molecule has 0 spiro atoms. The van der Waals surface area contributed by atoms with Crippen LogP contribution in [0.1, 0.15) is 19.7 Å². The second-order valence-electron chi connectivity index (χ2n) is 4.75. The van der Waals surface area contributed by atoms with Crippen molar-refractivity contribution in [1.82, 2.24) is 15.3 Å². The maximum Gasteiger partial charge on any atom is 0.126 e. The van der Waals surface area contributed by atoms with Gasteiger partial charge in [-0.2, -0.15) is 0 Å². The third-order valence-corrected chi connectivity index (χ3v) is 3.19. The number of hydrogen-bond acceptors (Lipinski definition) is 3. The predicted octanol–water partition coefficient (Wildman–Crippen LogP) is 2.54. The van der Waals surface area contributed by atoms with Gasteiger partial charge < -0.3 is 15.0 Å². The quantitative estimate of drug-likeness (QED) is 0.870. The van der Waals surface area contributed by atoms with Gasteiger partial charge in [-0.15, -0.1) is 0 Å². The molecule has 2 rings (SSSR count). The van der Waals surface area contributed by atoms with E-state index >= 15 is 0 Å². The van der Waals surface area contributed by atoms with Gasteiger partial charge in [0.15, 0.2) is 0 Å². The first kappa shape index (κ1) is 12.6. The normalized spacial score (nSPS) is 11.6. The van der Waals surface area contributed by atoms with Crippen molar-refractivity contribution < 1.29 is 4.74 Å². The van der Waals surface area contributed by atoms with E-state index in [2.05, 4.69) is 29.1 Å². The van der Waals surface area contributed by atoms with Gasteiger partial charge in [0.1, 0.15) is 11.6 Å². The predicted molar refractivity (Wildman–Crippen MR) is 72.7 cm³/mol. The van der Waals surface area contributed by atoms with Crippen molar-refractivity contribution in [2.45, 2.75) is 19.4 Å². The topological polar surface area (TPSA) is 49.9 Å². The summed E-state index contributed by atoms with van der Waals surface area (Å²) in [7, 11) is 3.59. The van der Waals surface area contributed by atoms with E-state index in [1.165, 1.54) is 0 Å². The second-order valence-corrected chi connectivity index (χ2v) is 4.75. The summed E-state index contributed by atoms with van der Waals surface area (Å²) in [6, 6.07) is 7.92. The first-order chi connectivity index (χ1) is 8.56. The fraction of sp³-hybridized carbons (Fsp3) is 0.357. The van der Waals surface area contributed by atoms with Crippen LogP contribution in [0.2, 0.25) is 0 Å². The first-order valence-electron chi connectivity index (χ1n) is 5.95. The van der Waals surface area contributed by atoms with Gasteiger partial charge in [-0.3, -0.25) is 0 Å². The van der Waals surface area contributed by atoms with E-state index in [4.69, 9.17) is 4.74 Å². The number of nitrogens with one attached hydrogen (secondary N) is 2. The molecule has 4 nitrogen and oxygen atoms in total. The zero-order valence-corrected chi connectivity index (χ0v) is 11.2. The van der Waals surface area contributed by atoms with E-state index in [-0.39, 0.29) is 5.54 Å². The molecule has 0 fully saturated rings. The summed E-state index contributed by atoms with van der Waals surface area (Å²) in [6.45, 7) is 4.17. The van der Waals surface area contributed by atoms with E-state index < -0.39 is 0 Å². The maximum atomic E-state index is 5.15. The lowest BCUT2D eigenvalue weighted by molar-refractivity contribution is 0.415. The third-order valence-electron chi connectivity index (χ3n) is 3.19. The van der Waals surface area contributed by atoms with Gasteiger partial charge in [0.05, 0.1) is 24.5 Å². The van der Waals surface area contributed by atoms with Crippen LogP contribution < -0.4 is 10.1 Å². The minimum absolute atomic E-state index is 0.162. The van der Waals surface area contributed by atoms with E-state index in [9.17, 15) is 0 Å². The summed E-state index contributed by atoms with van der Waals surface area (Å²) in [4.78, 5) is 7.77. The van der Waals surface area contributed by atoms with E-state index in [1.54, 1.807) is 7.11 Å². The lowest BCUT2D eigenvalue weighted by Gasteiger charge is -2.20. The average molecular weight is 245 g/mol. The van der Waals surface area contributed by atoms with Crippen LogP contribution in [-0.2, 0) is 5.54 Å². The Morgan fingerprint density at radius 1 is 1.22 bits per heavy atom. The number of methoxy groups -OCH3 is 1. The Hall–Kier alpha value is -1.81. The third kappa shape index (κ3) is 2.38. The zero-order valence-electron chi connectivity index (χ0n) is 11.2. The number of aromatic nitrogens is 2. The Morgan fingerprint density at radius 2 is 1.89 bits per heavy atom. The molecule has 96 valence electrons. The largest absolute Gasteiger partial charge is 0.497 e. The van der Waals surface area contributed by atoms with Gasteiger partial charge in [0.2, 0.25) is 0 Å². The molecule has 4 heteroatoms. The maximum absolute atomic E-state index is 5.15. The Bertz CT molecular complexity index is 514. The molecule has 0 atom stereocenters. The molecule has 0 saturated heterocycles. The van der Waals surface area contributed by atoms with E-state index in [1.807, 2.05) is 37.5 Å². The molecule has 1 heterocycles. The Morgan fingerprint density at radius 3 is 2.44 bits per heavy atom. The van der Waals surface area contributed by atoms with Crippen molar-refractivity contribution in [3.63, 3.8) is 0 Å². The number of hydrogen-bond donors (Lipinski definition) is 2. The lowest BCUT2D eigenvalue weighted by Crippen LogP contribution is -2.34. The number of ether oxygens (including phenoxy) is 1. The van der Waals surface area contributed by atoms with Crippen LogP contribution in [0.4, 0.5) is 0 Å². The summed E-state index contributed by atoms with van der Waals surface area (Å²) in [5.41, 5.74) is 1.95. The van der Waals surface area contributed by atoms with Crippen molar-refractivity contribution in [3.05, 3.63) is 36.3 Å². The molecule has 0 bridgehead atoms. The van der Waals surface area contributed by atoms with Crippen LogP contribution in [-0.4, -0.2) is 24.1 Å². The lowest BCUT2D eigenvalue weighted by atomic mass is 10.1. The summed E-state index contributed by atoms with van der Waals surface area (Å²) in [6.07, 6.45) is 1.86. The fourth-order valence-corrected chi connectivity index (χ4v) is 1.67. The van der Waals surface area contributed by atoms with Crippen molar-refractivity contribution in [2.75, 3.05) is 14.2 Å². The summed E-state index contributed by atoms with van der Waals surface area (Å²) in [5, 5.41) is 3.23. The van der Waals surface area contributed by atoms with Crippen LogP contribution in [0.15, 0.2) is 30.5 Å². The minimum atomic E-state index is -0.162. The molecule has 1 aromatic carbocycles. The van der Waals surface area contributed by atoms with Crippen molar-refractivity contribution in [1.29, 1.82) is 0 Å². The van der Waals surface area contributed by atoms with Gasteiger partial charge >= 0.3 is 0 Å². The number of benzene rings is 1. The average Bonchev–Trinajstić information content (AvgIpc) is 2.89. The molecule has 0 saturated carbocycles. The highest BCUT2D eigenvalue weighted by atomic mass is 16.5. The van der Waals surface area contributed by atoms with Gasteiger partial charge in [-0.1, -0.05) is 0 Å². The van der Waals surface area contributed by atoms with Crippen LogP contribution in [0, 0.1) is 0 Å². The van der Waals surface area contributed by atoms with Crippen molar-refractivity contribution in [2.24, 2.45) is 0 Å². The first-order valence-corrected chi connectivity index (χ1v) is 5.95. The van der Waals surface area contributed by atoms with Gasteiger partial charge in [0.25, 0.3) is 0 Å². The van der Waals surface area contributed by atoms with Gasteiger partial charge in [-0.05, 0) is 50.7 Å². The Labute approximate surface area is 107 Å². The number of H-pyrrole nitrogens is 1.